The predicted molar refractivity (Wildman–Crippen MR) is 77.5 cm³/mol. The first-order valence-electron chi connectivity index (χ1n) is 6.93. The number of rotatable bonds is 6. The molecule has 0 aliphatic heterocycles. The fraction of sp³-hybridized carbons (Fsp3) is 0.588. The molecule has 0 heterocycles. The summed E-state index contributed by atoms with van der Waals surface area (Å²) in [5.74, 6) is 0. The molecule has 1 radical (unpaired) electrons. The Kier molecular flexibility index (Phi) is 5.74. The van der Waals surface area contributed by atoms with Crippen molar-refractivity contribution in [3.63, 3.8) is 0 Å². The molecular formula is C17H27. The number of benzene rings is 1. The van der Waals surface area contributed by atoms with E-state index in [0.29, 0.717) is 0 Å². The lowest BCUT2D eigenvalue weighted by Gasteiger charge is -2.15. The summed E-state index contributed by atoms with van der Waals surface area (Å²) in [6.45, 7) is 12.9. The fourth-order valence-corrected chi connectivity index (χ4v) is 2.51. The van der Waals surface area contributed by atoms with Crippen LogP contribution in [0.4, 0.5) is 0 Å². The molecule has 0 saturated heterocycles. The zero-order valence-corrected chi connectivity index (χ0v) is 12.0. The van der Waals surface area contributed by atoms with E-state index in [4.69, 9.17) is 0 Å². The summed E-state index contributed by atoms with van der Waals surface area (Å²) in [6, 6.07) is 2.32. The minimum Gasteiger partial charge on any atom is -0.0558 e. The second-order valence-corrected chi connectivity index (χ2v) is 5.26. The Balaban J connectivity index is 2.64. The van der Waals surface area contributed by atoms with Gasteiger partial charge in [0.1, 0.15) is 0 Å². The number of hydrogen-bond acceptors (Lipinski definition) is 0. The molecule has 0 atom stereocenters. The molecule has 0 aliphatic rings. The van der Waals surface area contributed by atoms with Gasteiger partial charge in [-0.2, -0.15) is 0 Å². The zero-order chi connectivity index (χ0) is 12.8. The van der Waals surface area contributed by atoms with Crippen molar-refractivity contribution in [1.29, 1.82) is 0 Å². The quantitative estimate of drug-likeness (QED) is 0.587. The van der Waals surface area contributed by atoms with E-state index in [1.807, 2.05) is 0 Å². The monoisotopic (exact) mass is 231 g/mol. The Morgan fingerprint density at radius 2 is 1.35 bits per heavy atom. The number of hydrogen-bond donors (Lipinski definition) is 0. The minimum atomic E-state index is 1.08. The van der Waals surface area contributed by atoms with Gasteiger partial charge in [0.25, 0.3) is 0 Å². The molecule has 1 rings (SSSR count). The molecule has 1 aromatic carbocycles. The summed E-state index contributed by atoms with van der Waals surface area (Å²) >= 11 is 0. The normalized spacial score (nSPS) is 10.9. The fourth-order valence-electron chi connectivity index (χ4n) is 2.51. The van der Waals surface area contributed by atoms with Crippen molar-refractivity contribution in [3.8, 4) is 0 Å². The van der Waals surface area contributed by atoms with Gasteiger partial charge in [0.2, 0.25) is 0 Å². The van der Waals surface area contributed by atoms with Gasteiger partial charge in [0.15, 0.2) is 0 Å². The largest absolute Gasteiger partial charge is 0.0558 e. The van der Waals surface area contributed by atoms with Crippen molar-refractivity contribution < 1.29 is 0 Å². The molecule has 0 spiro atoms. The Morgan fingerprint density at radius 3 is 1.88 bits per heavy atom. The highest BCUT2D eigenvalue weighted by Crippen LogP contribution is 2.23. The van der Waals surface area contributed by atoms with Crippen LogP contribution >= 0.6 is 0 Å². The maximum absolute atomic E-state index is 3.89. The Bertz CT molecular complexity index is 335. The van der Waals surface area contributed by atoms with Gasteiger partial charge in [-0.05, 0) is 68.4 Å². The molecule has 0 unspecified atom stereocenters. The topological polar surface area (TPSA) is 0 Å². The van der Waals surface area contributed by atoms with Crippen LogP contribution in [0.5, 0.6) is 0 Å². The van der Waals surface area contributed by atoms with Crippen molar-refractivity contribution in [3.05, 3.63) is 40.8 Å². The Labute approximate surface area is 107 Å². The van der Waals surface area contributed by atoms with Gasteiger partial charge in [-0.1, -0.05) is 38.7 Å². The summed E-state index contributed by atoms with van der Waals surface area (Å²) in [5.41, 5.74) is 7.49. The molecule has 1 aromatic rings. The third-order valence-electron chi connectivity index (χ3n) is 3.95. The Morgan fingerprint density at radius 1 is 0.824 bits per heavy atom. The van der Waals surface area contributed by atoms with Crippen molar-refractivity contribution in [2.45, 2.75) is 66.2 Å². The molecule has 0 heteroatoms. The summed E-state index contributed by atoms with van der Waals surface area (Å²) < 4.78 is 0. The van der Waals surface area contributed by atoms with Gasteiger partial charge in [-0.3, -0.25) is 0 Å². The third kappa shape index (κ3) is 3.87. The molecule has 0 aliphatic carbocycles. The van der Waals surface area contributed by atoms with Crippen LogP contribution in [-0.2, 0) is 6.42 Å². The second-order valence-electron chi connectivity index (χ2n) is 5.26. The van der Waals surface area contributed by atoms with Gasteiger partial charge in [0.05, 0.1) is 0 Å². The van der Waals surface area contributed by atoms with E-state index in [9.17, 15) is 0 Å². The first-order chi connectivity index (χ1) is 8.07. The van der Waals surface area contributed by atoms with Crippen LogP contribution in [0.2, 0.25) is 0 Å². The van der Waals surface area contributed by atoms with Crippen LogP contribution in [0.1, 0.15) is 59.9 Å². The Hall–Kier alpha value is -0.780. The van der Waals surface area contributed by atoms with Gasteiger partial charge in [-0.15, -0.1) is 0 Å². The van der Waals surface area contributed by atoms with E-state index >= 15 is 0 Å². The first kappa shape index (κ1) is 14.3. The van der Waals surface area contributed by atoms with E-state index in [2.05, 4.69) is 40.7 Å². The average molecular weight is 231 g/mol. The highest BCUT2D eigenvalue weighted by atomic mass is 14.1. The van der Waals surface area contributed by atoms with Crippen LogP contribution in [0.3, 0.4) is 0 Å². The summed E-state index contributed by atoms with van der Waals surface area (Å²) in [4.78, 5) is 0. The SMILES string of the molecule is [CH2]CCCCCCc1c(C)c(C)cc(C)c1C. The van der Waals surface area contributed by atoms with Crippen molar-refractivity contribution in [2.24, 2.45) is 0 Å². The van der Waals surface area contributed by atoms with Gasteiger partial charge >= 0.3 is 0 Å². The summed E-state index contributed by atoms with van der Waals surface area (Å²) in [7, 11) is 0. The van der Waals surface area contributed by atoms with Crippen molar-refractivity contribution in [2.75, 3.05) is 0 Å². The van der Waals surface area contributed by atoms with Crippen LogP contribution in [0.15, 0.2) is 6.07 Å². The zero-order valence-electron chi connectivity index (χ0n) is 12.0. The molecule has 0 N–H and O–H groups in total. The highest BCUT2D eigenvalue weighted by molar-refractivity contribution is 5.43. The highest BCUT2D eigenvalue weighted by Gasteiger charge is 2.07. The standard InChI is InChI=1S/C17H27/c1-6-7-8-9-10-11-17-15(4)13(2)12-14(3)16(17)5/h12H,1,6-11H2,2-5H3. The summed E-state index contributed by atoms with van der Waals surface area (Å²) in [6.07, 6.45) is 7.63. The maximum Gasteiger partial charge on any atom is -0.0273 e. The van der Waals surface area contributed by atoms with Gasteiger partial charge < -0.3 is 0 Å². The molecule has 0 fully saturated rings. The molecule has 0 bridgehead atoms. The summed E-state index contributed by atoms with van der Waals surface area (Å²) in [5, 5.41) is 0. The van der Waals surface area contributed by atoms with E-state index in [1.165, 1.54) is 54.4 Å². The van der Waals surface area contributed by atoms with Crippen LogP contribution in [-0.4, -0.2) is 0 Å². The van der Waals surface area contributed by atoms with Gasteiger partial charge in [0, 0.05) is 0 Å². The molecule has 17 heavy (non-hydrogen) atoms. The van der Waals surface area contributed by atoms with Crippen LogP contribution < -0.4 is 0 Å². The van der Waals surface area contributed by atoms with E-state index in [-0.39, 0.29) is 0 Å². The van der Waals surface area contributed by atoms with E-state index < -0.39 is 0 Å². The molecule has 0 amide bonds. The van der Waals surface area contributed by atoms with Crippen LogP contribution in [0.25, 0.3) is 0 Å². The van der Waals surface area contributed by atoms with E-state index in [1.54, 1.807) is 5.56 Å². The molecule has 95 valence electrons. The average Bonchev–Trinajstić information content (AvgIpc) is 2.30. The second kappa shape index (κ2) is 6.83. The number of unbranched alkanes of at least 4 members (excludes halogenated alkanes) is 4. The third-order valence-corrected chi connectivity index (χ3v) is 3.95. The predicted octanol–water partition coefficient (Wildman–Crippen LogP) is 5.25. The first-order valence-corrected chi connectivity index (χ1v) is 6.93. The molecule has 0 nitrogen and oxygen atoms in total. The van der Waals surface area contributed by atoms with Crippen LogP contribution in [0, 0.1) is 34.6 Å². The lowest BCUT2D eigenvalue weighted by molar-refractivity contribution is 0.643. The molecule has 0 saturated carbocycles. The lowest BCUT2D eigenvalue weighted by atomic mass is 9.91. The van der Waals surface area contributed by atoms with E-state index in [0.717, 1.165) is 6.42 Å². The van der Waals surface area contributed by atoms with Gasteiger partial charge in [-0.25, -0.2) is 0 Å². The number of aryl methyl sites for hydroxylation is 2. The molecule has 0 aromatic heterocycles. The lowest BCUT2D eigenvalue weighted by Crippen LogP contribution is -1.99. The van der Waals surface area contributed by atoms with Crippen molar-refractivity contribution in [1.82, 2.24) is 0 Å². The van der Waals surface area contributed by atoms with Crippen molar-refractivity contribution >= 4 is 0 Å². The smallest absolute Gasteiger partial charge is 0.0273 e. The minimum absolute atomic E-state index is 1.08. The maximum atomic E-state index is 3.89. The molecular weight excluding hydrogens is 204 g/mol.